The van der Waals surface area contributed by atoms with E-state index in [-0.39, 0.29) is 49.9 Å². The summed E-state index contributed by atoms with van der Waals surface area (Å²) in [7, 11) is 0. The molecule has 4 heterocycles. The molecule has 1 saturated carbocycles. The standard InChI is InChI=1S/C22H26ClFN6O2.C11H10BrClFN3O/c1-12(2)30-21(32-16-6-7-19(24)18(23)8-16)25-20(28-30)9-17-14-4-5-15(17)11-29(10-14)22-27-26-13(3)31-22;1-6(2)17-11(15-10(12)16-17)18-7-3-4-9(14)8(13)5-7/h6-8,12,14-15,17H,4-5,9-11H2,1-3H3;3-6H,1-2H3/t14-,15+,17?;/i1D3,2D3,12D;1D3,2D3,6D. The van der Waals surface area contributed by atoms with Crippen molar-refractivity contribution in [3.05, 3.63) is 74.5 Å². The molecule has 2 aliphatic rings. The molecule has 2 aromatic carbocycles. The average molecular weight is 810 g/mol. The lowest BCUT2D eigenvalue weighted by Gasteiger charge is -2.36. The van der Waals surface area contributed by atoms with E-state index in [1.54, 1.807) is 6.92 Å². The molecular formula is C33H36BrCl2F2N9O3. The van der Waals surface area contributed by atoms with Crippen LogP contribution in [0.15, 0.2) is 45.5 Å². The molecule has 1 saturated heterocycles. The van der Waals surface area contributed by atoms with Crippen molar-refractivity contribution >= 4 is 45.1 Å². The number of ether oxygens (including phenoxy) is 2. The number of piperidine rings is 1. The summed E-state index contributed by atoms with van der Waals surface area (Å²) in [5.74, 6) is -0.286. The Morgan fingerprint density at radius 3 is 1.98 bits per heavy atom. The van der Waals surface area contributed by atoms with Gasteiger partial charge >= 0.3 is 18.0 Å². The minimum Gasteiger partial charge on any atom is -0.424 e. The van der Waals surface area contributed by atoms with Crippen LogP contribution in [-0.2, 0) is 6.42 Å². The molecule has 50 heavy (non-hydrogen) atoms. The Morgan fingerprint density at radius 2 is 1.46 bits per heavy atom. The zero-order valence-corrected chi connectivity index (χ0v) is 29.0. The van der Waals surface area contributed by atoms with Crippen LogP contribution >= 0.6 is 39.1 Å². The molecule has 17 heteroatoms. The van der Waals surface area contributed by atoms with Crippen molar-refractivity contribution in [2.75, 3.05) is 18.0 Å². The third-order valence-corrected chi connectivity index (χ3v) is 8.95. The lowest BCUT2D eigenvalue weighted by molar-refractivity contribution is 0.257. The maximum absolute atomic E-state index is 13.7. The minimum absolute atomic E-state index is 0.0248. The van der Waals surface area contributed by atoms with E-state index < -0.39 is 63.1 Å². The van der Waals surface area contributed by atoms with E-state index in [1.807, 2.05) is 0 Å². The largest absolute Gasteiger partial charge is 0.424 e. The van der Waals surface area contributed by atoms with Crippen molar-refractivity contribution in [2.45, 2.75) is 65.6 Å². The first-order valence-electron chi connectivity index (χ1n) is 21.8. The van der Waals surface area contributed by atoms with Crippen LogP contribution in [0.2, 0.25) is 10.0 Å². The predicted molar refractivity (Wildman–Crippen MR) is 186 cm³/mol. The number of hydrogen-bond acceptors (Lipinski definition) is 10. The van der Waals surface area contributed by atoms with Gasteiger partial charge in [-0.05, 0) is 98.2 Å². The number of hydrogen-bond donors (Lipinski definition) is 0. The van der Waals surface area contributed by atoms with Crippen molar-refractivity contribution in [3.63, 3.8) is 0 Å². The number of aromatic nitrogens is 8. The Balaban J connectivity index is 0.000000235. The molecule has 5 aromatic rings. The summed E-state index contributed by atoms with van der Waals surface area (Å²) in [4.78, 5) is 10.1. The Labute approximate surface area is 325 Å². The second-order valence-corrected chi connectivity index (χ2v) is 12.8. The molecule has 0 radical (unpaired) electrons. The van der Waals surface area contributed by atoms with E-state index in [4.69, 9.17) is 56.3 Å². The maximum atomic E-state index is 13.7. The number of aryl methyl sites for hydroxylation is 1. The van der Waals surface area contributed by atoms with E-state index in [0.717, 1.165) is 37.1 Å². The van der Waals surface area contributed by atoms with Gasteiger partial charge in [-0.3, -0.25) is 0 Å². The lowest BCUT2D eigenvalue weighted by atomic mass is 9.82. The Morgan fingerprint density at radius 1 is 0.900 bits per heavy atom. The fourth-order valence-corrected chi connectivity index (χ4v) is 6.51. The van der Waals surface area contributed by atoms with Gasteiger partial charge < -0.3 is 18.8 Å². The van der Waals surface area contributed by atoms with Crippen molar-refractivity contribution in [2.24, 2.45) is 17.8 Å². The van der Waals surface area contributed by atoms with Crippen molar-refractivity contribution in [1.82, 2.24) is 39.7 Å². The molecule has 3 atom stereocenters. The zero-order valence-electron chi connectivity index (χ0n) is 39.9. The Hall–Kier alpha value is -3.82. The zero-order chi connectivity index (χ0) is 47.5. The van der Waals surface area contributed by atoms with Gasteiger partial charge in [-0.25, -0.2) is 18.1 Å². The quantitative estimate of drug-likeness (QED) is 0.143. The number of benzene rings is 2. The third kappa shape index (κ3) is 8.21. The Bertz CT molecular complexity index is 2440. The minimum atomic E-state index is -3.33. The molecule has 266 valence electrons. The van der Waals surface area contributed by atoms with Crippen molar-refractivity contribution in [1.29, 1.82) is 0 Å². The summed E-state index contributed by atoms with van der Waals surface area (Å²) in [6.45, 7) is -10.2. The van der Waals surface area contributed by atoms with Crippen LogP contribution in [0.3, 0.4) is 0 Å². The molecule has 0 spiro atoms. The number of halogens is 5. The molecule has 7 rings (SSSR count). The van der Waals surface area contributed by atoms with E-state index in [2.05, 4.69) is 51.2 Å². The fourth-order valence-electron chi connectivity index (χ4n) is 5.86. The predicted octanol–water partition coefficient (Wildman–Crippen LogP) is 9.05. The summed E-state index contributed by atoms with van der Waals surface area (Å²) in [5.41, 5.74) is 0. The van der Waals surface area contributed by atoms with Gasteiger partial charge in [-0.1, -0.05) is 28.3 Å². The molecule has 12 nitrogen and oxygen atoms in total. The molecule has 1 aliphatic carbocycles. The molecule has 2 bridgehead atoms. The SMILES string of the molecule is [2H]C([2H])([2H])C([2H])(n1nc(Br)nc1Oc1ccc(F)c(Cl)c1)C([2H])([2H])[2H].[2H]C([2H])([2H])C([2H])(n1nc(CC2[C@@H]3CC[C@H]2CN(c2nnc(C)o2)C3)nc1Oc1ccc(F)c(Cl)c1)C([2H])([2H])[2H]. The molecule has 0 N–H and O–H groups in total. The number of anilines is 1. The summed E-state index contributed by atoms with van der Waals surface area (Å²) < 4.78 is 153. The maximum Gasteiger partial charge on any atom is 0.321 e. The van der Waals surface area contributed by atoms with Gasteiger partial charge in [0.15, 0.2) is 5.82 Å². The van der Waals surface area contributed by atoms with Gasteiger partial charge in [-0.15, -0.1) is 10.2 Å². The lowest BCUT2D eigenvalue weighted by Crippen LogP contribution is -2.43. The number of nitrogens with zero attached hydrogens (tertiary/aromatic N) is 9. The monoisotopic (exact) mass is 807 g/mol. The van der Waals surface area contributed by atoms with E-state index in [9.17, 15) is 8.78 Å². The van der Waals surface area contributed by atoms with Crippen molar-refractivity contribution in [3.8, 4) is 23.5 Å². The molecule has 0 amide bonds. The first-order chi connectivity index (χ1) is 29.4. The first kappa shape index (κ1) is 22.2. The molecular weight excluding hydrogens is 759 g/mol. The van der Waals surface area contributed by atoms with E-state index in [0.29, 0.717) is 40.8 Å². The van der Waals surface area contributed by atoms with Gasteiger partial charge in [0.2, 0.25) is 10.6 Å². The van der Waals surface area contributed by atoms with Crippen LogP contribution in [0.5, 0.6) is 23.5 Å². The van der Waals surface area contributed by atoms with Gasteiger partial charge in [0, 0.05) is 55.0 Å². The first-order valence-corrected chi connectivity index (χ1v) is 16.4. The van der Waals surface area contributed by atoms with Crippen LogP contribution in [0.4, 0.5) is 14.8 Å². The smallest absolute Gasteiger partial charge is 0.321 e. The second kappa shape index (κ2) is 15.2. The van der Waals surface area contributed by atoms with Gasteiger partial charge in [0.25, 0.3) is 0 Å². The third-order valence-electron chi connectivity index (χ3n) is 8.03. The van der Waals surface area contributed by atoms with Crippen LogP contribution in [-0.4, -0.2) is 52.8 Å². The van der Waals surface area contributed by atoms with Gasteiger partial charge in [0.1, 0.15) is 23.1 Å². The van der Waals surface area contributed by atoms with E-state index >= 15 is 0 Å². The molecule has 1 unspecified atom stereocenters. The van der Waals surface area contributed by atoms with Gasteiger partial charge in [0.05, 0.1) is 24.8 Å². The average Bonchev–Trinajstić information content (AvgIpc) is 3.93. The van der Waals surface area contributed by atoms with Gasteiger partial charge in [-0.2, -0.15) is 15.1 Å². The Kier molecular flexibility index (Phi) is 6.74. The molecule has 2 fully saturated rings. The highest BCUT2D eigenvalue weighted by molar-refractivity contribution is 9.10. The van der Waals surface area contributed by atoms with Crippen LogP contribution in [0, 0.1) is 36.3 Å². The highest BCUT2D eigenvalue weighted by Crippen LogP contribution is 2.44. The van der Waals surface area contributed by atoms with Crippen molar-refractivity contribution < 1.29 is 41.9 Å². The topological polar surface area (TPSA) is 122 Å². The highest BCUT2D eigenvalue weighted by Gasteiger charge is 2.43. The second-order valence-electron chi connectivity index (χ2n) is 11.3. The summed E-state index contributed by atoms with van der Waals surface area (Å²) in [6.07, 6.45) is 2.21. The molecule has 3 aromatic heterocycles. The van der Waals surface area contributed by atoms with Crippen LogP contribution < -0.4 is 14.4 Å². The highest BCUT2D eigenvalue weighted by atomic mass is 79.9. The van der Waals surface area contributed by atoms with E-state index in [1.165, 1.54) is 12.1 Å². The fraction of sp³-hybridized carbons (Fsp3) is 0.455. The normalized spacial score (nSPS) is 24.0. The van der Waals surface area contributed by atoms with Crippen LogP contribution in [0.1, 0.15) is 83.2 Å². The van der Waals surface area contributed by atoms with Crippen LogP contribution in [0.25, 0.3) is 0 Å². The summed E-state index contributed by atoms with van der Waals surface area (Å²) in [5, 5.41) is 15.4. The number of rotatable bonds is 9. The summed E-state index contributed by atoms with van der Waals surface area (Å²) in [6, 6.07) is -0.352. The molecule has 1 aliphatic heterocycles. The number of fused-ring (bicyclic) bond motifs is 2. The summed E-state index contributed by atoms with van der Waals surface area (Å²) >= 11 is 14.4.